The van der Waals surface area contributed by atoms with Gasteiger partial charge in [-0.3, -0.25) is 14.4 Å². The van der Waals surface area contributed by atoms with Crippen LogP contribution >= 0.6 is 0 Å². The maximum absolute atomic E-state index is 14.7. The summed E-state index contributed by atoms with van der Waals surface area (Å²) in [6.45, 7) is 3.78. The lowest BCUT2D eigenvalue weighted by Gasteiger charge is -2.57. The summed E-state index contributed by atoms with van der Waals surface area (Å²) in [6, 6.07) is 4.88. The van der Waals surface area contributed by atoms with Crippen molar-refractivity contribution in [3.05, 3.63) is 48.2 Å². The Hall–Kier alpha value is -3.62. The van der Waals surface area contributed by atoms with E-state index in [9.17, 15) is 18.8 Å². The molecular formula is C33H38FN5O3. The minimum atomic E-state index is -1.24. The van der Waals surface area contributed by atoms with Crippen molar-refractivity contribution in [1.82, 2.24) is 24.8 Å². The first-order valence-electron chi connectivity index (χ1n) is 15.3. The highest BCUT2D eigenvalue weighted by molar-refractivity contribution is 6.08. The number of nitrogens with one attached hydrogen (secondary N) is 1. The second kappa shape index (κ2) is 10.3. The van der Waals surface area contributed by atoms with Crippen LogP contribution in [-0.2, 0) is 16.1 Å². The van der Waals surface area contributed by atoms with Gasteiger partial charge in [-0.25, -0.2) is 14.4 Å². The maximum atomic E-state index is 14.7. The van der Waals surface area contributed by atoms with Gasteiger partial charge in [0.25, 0.3) is 0 Å². The Kier molecular flexibility index (Phi) is 6.66. The van der Waals surface area contributed by atoms with E-state index in [2.05, 4.69) is 15.3 Å². The number of halogens is 1. The molecule has 0 radical (unpaired) electrons. The van der Waals surface area contributed by atoms with Crippen molar-refractivity contribution in [3.63, 3.8) is 0 Å². The zero-order valence-electron chi connectivity index (χ0n) is 24.3. The molecule has 0 spiro atoms. The number of benzene rings is 1. The number of fused-ring (bicyclic) bond motifs is 1. The van der Waals surface area contributed by atoms with Crippen LogP contribution in [-0.4, -0.2) is 62.3 Å². The molecule has 2 atom stereocenters. The minimum absolute atomic E-state index is 0.0194. The van der Waals surface area contributed by atoms with Crippen molar-refractivity contribution in [2.45, 2.75) is 77.6 Å². The van der Waals surface area contributed by atoms with E-state index < -0.39 is 12.2 Å². The number of ketones is 1. The molecule has 2 aromatic heterocycles. The van der Waals surface area contributed by atoms with Crippen molar-refractivity contribution in [3.8, 4) is 11.1 Å². The predicted octanol–water partition coefficient (Wildman–Crippen LogP) is 4.88. The van der Waals surface area contributed by atoms with Crippen molar-refractivity contribution in [2.75, 3.05) is 13.1 Å². The van der Waals surface area contributed by atoms with Gasteiger partial charge in [0.15, 0.2) is 5.78 Å². The van der Waals surface area contributed by atoms with Gasteiger partial charge in [-0.05, 0) is 93.2 Å². The van der Waals surface area contributed by atoms with Crippen LogP contribution in [0.15, 0.2) is 36.8 Å². The van der Waals surface area contributed by atoms with Crippen LogP contribution in [0.3, 0.4) is 0 Å². The number of Topliss-reactive ketones (excluding diaryl/α,β-unsaturated/α-hetero) is 1. The largest absolute Gasteiger partial charge is 0.354 e. The van der Waals surface area contributed by atoms with E-state index >= 15 is 0 Å². The summed E-state index contributed by atoms with van der Waals surface area (Å²) in [5.74, 6) is 2.34. The molecule has 3 heterocycles. The third-order valence-electron chi connectivity index (χ3n) is 10.4. The van der Waals surface area contributed by atoms with Crippen LogP contribution in [0.25, 0.3) is 22.0 Å². The quantitative estimate of drug-likeness (QED) is 0.408. The van der Waals surface area contributed by atoms with Gasteiger partial charge >= 0.3 is 0 Å². The van der Waals surface area contributed by atoms with Crippen LogP contribution in [0.2, 0.25) is 0 Å². The van der Waals surface area contributed by atoms with Gasteiger partial charge in [0.2, 0.25) is 11.8 Å². The number of carbonyl (C=O) groups excluding carboxylic acids is 3. The molecule has 9 heteroatoms. The van der Waals surface area contributed by atoms with Crippen molar-refractivity contribution >= 4 is 28.5 Å². The third-order valence-corrected chi connectivity index (χ3v) is 10.4. The Morgan fingerprint density at radius 2 is 1.67 bits per heavy atom. The molecule has 1 aromatic carbocycles. The summed E-state index contributed by atoms with van der Waals surface area (Å²) in [5.41, 5.74) is 3.09. The molecule has 0 unspecified atom stereocenters. The van der Waals surface area contributed by atoms with Gasteiger partial charge in [-0.2, -0.15) is 0 Å². The Bertz CT molecular complexity index is 1530. The van der Waals surface area contributed by atoms with E-state index in [1.807, 2.05) is 25.1 Å². The van der Waals surface area contributed by atoms with E-state index in [4.69, 9.17) is 0 Å². The number of rotatable bonds is 7. The first-order chi connectivity index (χ1) is 20.2. The normalized spacial score (nSPS) is 29.8. The lowest BCUT2D eigenvalue weighted by molar-refractivity contribution is -0.139. The maximum Gasteiger partial charge on any atom is 0.243 e. The van der Waals surface area contributed by atoms with Gasteiger partial charge in [0.1, 0.15) is 24.6 Å². The molecule has 5 fully saturated rings. The van der Waals surface area contributed by atoms with E-state index in [1.165, 1.54) is 50.3 Å². The molecule has 2 amide bonds. The summed E-state index contributed by atoms with van der Waals surface area (Å²) in [4.78, 5) is 49.5. The summed E-state index contributed by atoms with van der Waals surface area (Å²) in [6.07, 6.45) is 11.5. The molecule has 1 N–H and O–H groups in total. The summed E-state index contributed by atoms with van der Waals surface area (Å²) >= 11 is 0. The average molecular weight is 572 g/mol. The summed E-state index contributed by atoms with van der Waals surface area (Å²) in [7, 11) is 0. The zero-order chi connectivity index (χ0) is 29.2. The standard InChI is InChI=1S/C33H38FN5O3/c1-19(40)28-16-38(29-4-3-24(8-27(28)29)25-13-35-20(2)36-14-25)17-31(41)39-15-26(34)9-30(39)32(42)37-18-33-10-21-5-22(11-33)7-23(6-21)12-33/h3-4,8,13-14,16,21-23,26,30H,5-7,9-12,15,17-18H2,1-2H3,(H,37,42)/t21?,22?,23?,26-,30+,33?/m1/s1. The lowest BCUT2D eigenvalue weighted by atomic mass is 9.49. The molecule has 4 aliphatic carbocycles. The van der Waals surface area contributed by atoms with Crippen LogP contribution in [0.5, 0.6) is 0 Å². The molecule has 5 aliphatic rings. The molecule has 8 nitrogen and oxygen atoms in total. The predicted molar refractivity (Wildman–Crippen MR) is 156 cm³/mol. The van der Waals surface area contributed by atoms with E-state index in [0.29, 0.717) is 17.9 Å². The van der Waals surface area contributed by atoms with Gasteiger partial charge < -0.3 is 14.8 Å². The zero-order valence-corrected chi connectivity index (χ0v) is 24.3. The molecular weight excluding hydrogens is 533 g/mol. The number of amides is 2. The van der Waals surface area contributed by atoms with Gasteiger partial charge in [-0.15, -0.1) is 0 Å². The number of hydrogen-bond donors (Lipinski definition) is 1. The molecule has 4 bridgehead atoms. The fraction of sp³-hybridized carbons (Fsp3) is 0.545. The topological polar surface area (TPSA) is 97.2 Å². The van der Waals surface area contributed by atoms with Gasteiger partial charge in [-0.1, -0.05) is 6.07 Å². The van der Waals surface area contributed by atoms with Crippen molar-refractivity contribution < 1.29 is 18.8 Å². The van der Waals surface area contributed by atoms with Crippen molar-refractivity contribution in [1.29, 1.82) is 0 Å². The van der Waals surface area contributed by atoms with E-state index in [-0.39, 0.29) is 42.5 Å². The molecule has 1 saturated heterocycles. The summed E-state index contributed by atoms with van der Waals surface area (Å²) in [5, 5.41) is 3.89. The highest BCUT2D eigenvalue weighted by Gasteiger charge is 2.51. The monoisotopic (exact) mass is 571 g/mol. The van der Waals surface area contributed by atoms with Gasteiger partial charge in [0.05, 0.1) is 6.54 Å². The van der Waals surface area contributed by atoms with Crippen LogP contribution in [0, 0.1) is 30.1 Å². The molecule has 220 valence electrons. The second-order valence-corrected chi connectivity index (χ2v) is 13.5. The number of aryl methyl sites for hydroxylation is 1. The smallest absolute Gasteiger partial charge is 0.243 e. The average Bonchev–Trinajstić information content (AvgIpc) is 3.52. The Morgan fingerprint density at radius 3 is 2.31 bits per heavy atom. The minimum Gasteiger partial charge on any atom is -0.354 e. The highest BCUT2D eigenvalue weighted by atomic mass is 19.1. The number of nitrogens with zero attached hydrogens (tertiary/aromatic N) is 4. The number of carbonyl (C=O) groups is 3. The second-order valence-electron chi connectivity index (χ2n) is 13.5. The van der Waals surface area contributed by atoms with Crippen LogP contribution in [0.4, 0.5) is 4.39 Å². The number of likely N-dealkylation sites (tertiary alicyclic amines) is 1. The molecule has 1 aliphatic heterocycles. The Balaban J connectivity index is 1.08. The van der Waals surface area contributed by atoms with Crippen LogP contribution in [0.1, 0.15) is 68.1 Å². The fourth-order valence-corrected chi connectivity index (χ4v) is 8.87. The highest BCUT2D eigenvalue weighted by Crippen LogP contribution is 2.59. The van der Waals surface area contributed by atoms with Crippen molar-refractivity contribution in [2.24, 2.45) is 23.2 Å². The third kappa shape index (κ3) is 4.90. The van der Waals surface area contributed by atoms with E-state index in [1.54, 1.807) is 23.2 Å². The first-order valence-corrected chi connectivity index (χ1v) is 15.3. The SMILES string of the molecule is CC(=O)c1cn(CC(=O)N2C[C@H](F)C[C@H]2C(=O)NCC23CC4CC(CC(C4)C2)C3)c2ccc(-c3cnc(C)nc3)cc12. The molecule has 42 heavy (non-hydrogen) atoms. The number of aromatic nitrogens is 3. The number of alkyl halides is 1. The Morgan fingerprint density at radius 1 is 1.00 bits per heavy atom. The Labute approximate surface area is 245 Å². The molecule has 3 aromatic rings. The lowest BCUT2D eigenvalue weighted by Crippen LogP contribution is -2.53. The molecule has 4 saturated carbocycles. The molecule has 8 rings (SSSR count). The van der Waals surface area contributed by atoms with Crippen LogP contribution < -0.4 is 5.32 Å². The first kappa shape index (κ1) is 27.2. The van der Waals surface area contributed by atoms with Gasteiger partial charge in [0, 0.05) is 53.6 Å². The number of hydrogen-bond acceptors (Lipinski definition) is 5. The summed E-state index contributed by atoms with van der Waals surface area (Å²) < 4.78 is 16.4. The fourth-order valence-electron chi connectivity index (χ4n) is 8.87. The van der Waals surface area contributed by atoms with E-state index in [0.717, 1.165) is 39.8 Å².